The van der Waals surface area contributed by atoms with Gasteiger partial charge in [-0.25, -0.2) is 0 Å². The third-order valence-electron chi connectivity index (χ3n) is 1.96. The lowest BCUT2D eigenvalue weighted by Gasteiger charge is -2.09. The maximum absolute atomic E-state index is 12.0. The fraction of sp³-hybridized carbons (Fsp3) is 0.400. The Morgan fingerprint density at radius 2 is 2.00 bits per heavy atom. The molecule has 1 rings (SSSR count). The van der Waals surface area contributed by atoms with Gasteiger partial charge in [0.05, 0.1) is 13.8 Å². The minimum Gasteiger partial charge on any atom is -0.497 e. The van der Waals surface area contributed by atoms with Crippen LogP contribution in [0.5, 0.6) is 5.75 Å². The highest BCUT2D eigenvalue weighted by atomic mass is 19.1. The summed E-state index contributed by atoms with van der Waals surface area (Å²) in [6, 6.07) is 7.16. The summed E-state index contributed by atoms with van der Waals surface area (Å²) in [6.45, 7) is -0.382. The van der Waals surface area contributed by atoms with E-state index in [1.54, 1.807) is 7.11 Å². The molecule has 2 N–H and O–H groups in total. The second-order valence-corrected chi connectivity index (χ2v) is 2.86. The Hall–Kier alpha value is -1.09. The lowest BCUT2D eigenvalue weighted by Crippen LogP contribution is -2.10. The highest BCUT2D eigenvalue weighted by molar-refractivity contribution is 5.28. The number of rotatable bonds is 4. The number of benzene rings is 1. The molecule has 0 heterocycles. The number of nitrogens with two attached hydrogens (primary N) is 1. The molecule has 0 unspecified atom stereocenters. The molecule has 0 amide bonds. The number of ether oxygens (including phenoxy) is 1. The number of halogens is 1. The maximum atomic E-state index is 12.0. The van der Waals surface area contributed by atoms with Crippen molar-refractivity contribution in [3.05, 3.63) is 29.8 Å². The first-order chi connectivity index (χ1) is 6.27. The van der Waals surface area contributed by atoms with Gasteiger partial charge in [-0.15, -0.1) is 0 Å². The van der Waals surface area contributed by atoms with Gasteiger partial charge in [0.1, 0.15) is 5.75 Å². The van der Waals surface area contributed by atoms with Gasteiger partial charge in [0, 0.05) is 6.04 Å². The molecular formula is C10H14FNO. The fourth-order valence-corrected chi connectivity index (χ4v) is 1.14. The second-order valence-electron chi connectivity index (χ2n) is 2.86. The Labute approximate surface area is 77.5 Å². The molecule has 0 radical (unpaired) electrons. The number of hydrogen-bond donors (Lipinski definition) is 1. The van der Waals surface area contributed by atoms with E-state index in [9.17, 15) is 4.39 Å². The van der Waals surface area contributed by atoms with E-state index >= 15 is 0 Å². The van der Waals surface area contributed by atoms with Crippen molar-refractivity contribution in [1.82, 2.24) is 0 Å². The van der Waals surface area contributed by atoms with Crippen LogP contribution in [0.15, 0.2) is 24.3 Å². The van der Waals surface area contributed by atoms with Crippen LogP contribution in [0.1, 0.15) is 18.0 Å². The number of methoxy groups -OCH3 is 1. The molecule has 1 aromatic rings. The maximum Gasteiger partial charge on any atom is 0.118 e. The Morgan fingerprint density at radius 1 is 1.38 bits per heavy atom. The van der Waals surface area contributed by atoms with E-state index in [0.29, 0.717) is 6.42 Å². The predicted molar refractivity (Wildman–Crippen MR) is 50.5 cm³/mol. The Morgan fingerprint density at radius 3 is 2.46 bits per heavy atom. The van der Waals surface area contributed by atoms with Gasteiger partial charge in [-0.3, -0.25) is 4.39 Å². The summed E-state index contributed by atoms with van der Waals surface area (Å²) >= 11 is 0. The van der Waals surface area contributed by atoms with Crippen molar-refractivity contribution in [2.24, 2.45) is 5.73 Å². The van der Waals surface area contributed by atoms with Crippen LogP contribution in [0, 0.1) is 0 Å². The standard InChI is InChI=1S/C10H14FNO/c1-13-9-4-2-8(3-5-9)10(12)6-7-11/h2-5,10H,6-7,12H2,1H3/t10-/m0/s1. The molecule has 0 fully saturated rings. The summed E-state index contributed by atoms with van der Waals surface area (Å²) in [5.41, 5.74) is 6.66. The molecule has 3 heteroatoms. The van der Waals surface area contributed by atoms with Crippen LogP contribution in [0.2, 0.25) is 0 Å². The summed E-state index contributed by atoms with van der Waals surface area (Å²) in [6.07, 6.45) is 0.367. The zero-order chi connectivity index (χ0) is 9.68. The molecule has 0 bridgehead atoms. The van der Waals surface area contributed by atoms with Gasteiger partial charge < -0.3 is 10.5 Å². The molecule has 0 aliphatic carbocycles. The molecule has 2 nitrogen and oxygen atoms in total. The molecule has 0 saturated heterocycles. The van der Waals surface area contributed by atoms with Crippen LogP contribution < -0.4 is 10.5 Å². The average Bonchev–Trinajstić information content (AvgIpc) is 2.18. The van der Waals surface area contributed by atoms with E-state index in [0.717, 1.165) is 11.3 Å². The molecule has 0 saturated carbocycles. The van der Waals surface area contributed by atoms with Gasteiger partial charge >= 0.3 is 0 Å². The molecule has 0 aliphatic rings. The van der Waals surface area contributed by atoms with E-state index in [-0.39, 0.29) is 12.7 Å². The second kappa shape index (κ2) is 4.82. The van der Waals surface area contributed by atoms with Gasteiger partial charge in [0.2, 0.25) is 0 Å². The summed E-state index contributed by atoms with van der Waals surface area (Å²) in [7, 11) is 1.61. The van der Waals surface area contributed by atoms with Crippen LogP contribution in [0.3, 0.4) is 0 Å². The molecule has 0 aromatic heterocycles. The number of hydrogen-bond acceptors (Lipinski definition) is 2. The Bertz CT molecular complexity index is 248. The molecule has 13 heavy (non-hydrogen) atoms. The SMILES string of the molecule is COc1ccc([C@@H](N)CCF)cc1. The van der Waals surface area contributed by atoms with Gasteiger partial charge in [0.25, 0.3) is 0 Å². The van der Waals surface area contributed by atoms with Crippen molar-refractivity contribution in [3.8, 4) is 5.75 Å². The summed E-state index contributed by atoms with van der Waals surface area (Å²) in [5.74, 6) is 0.788. The third-order valence-corrected chi connectivity index (χ3v) is 1.96. The first-order valence-corrected chi connectivity index (χ1v) is 4.23. The smallest absolute Gasteiger partial charge is 0.118 e. The topological polar surface area (TPSA) is 35.2 Å². The molecule has 0 aliphatic heterocycles. The Kier molecular flexibility index (Phi) is 3.71. The van der Waals surface area contributed by atoms with Crippen LogP contribution in [-0.2, 0) is 0 Å². The van der Waals surface area contributed by atoms with Crippen LogP contribution in [0.4, 0.5) is 4.39 Å². The van der Waals surface area contributed by atoms with E-state index < -0.39 is 0 Å². The van der Waals surface area contributed by atoms with Crippen LogP contribution >= 0.6 is 0 Å². The molecule has 1 atom stereocenters. The zero-order valence-corrected chi connectivity index (χ0v) is 7.66. The summed E-state index contributed by atoms with van der Waals surface area (Å²) in [5, 5.41) is 0. The summed E-state index contributed by atoms with van der Waals surface area (Å²) < 4.78 is 17.0. The number of alkyl halides is 1. The molecule has 72 valence electrons. The highest BCUT2D eigenvalue weighted by Gasteiger charge is 2.04. The van der Waals surface area contributed by atoms with Crippen LogP contribution in [0.25, 0.3) is 0 Å². The van der Waals surface area contributed by atoms with Crippen molar-refractivity contribution < 1.29 is 9.13 Å². The van der Waals surface area contributed by atoms with E-state index in [4.69, 9.17) is 10.5 Å². The van der Waals surface area contributed by atoms with Crippen LogP contribution in [-0.4, -0.2) is 13.8 Å². The molecular weight excluding hydrogens is 169 g/mol. The first kappa shape index (κ1) is 9.99. The third kappa shape index (κ3) is 2.70. The largest absolute Gasteiger partial charge is 0.497 e. The van der Waals surface area contributed by atoms with E-state index in [2.05, 4.69) is 0 Å². The average molecular weight is 183 g/mol. The van der Waals surface area contributed by atoms with Crippen molar-refractivity contribution in [3.63, 3.8) is 0 Å². The Balaban J connectivity index is 2.67. The lowest BCUT2D eigenvalue weighted by molar-refractivity contribution is 0.414. The van der Waals surface area contributed by atoms with E-state index in [1.165, 1.54) is 0 Å². The van der Waals surface area contributed by atoms with Crippen molar-refractivity contribution >= 4 is 0 Å². The first-order valence-electron chi connectivity index (χ1n) is 4.23. The summed E-state index contributed by atoms with van der Waals surface area (Å²) in [4.78, 5) is 0. The quantitative estimate of drug-likeness (QED) is 0.775. The van der Waals surface area contributed by atoms with Crippen molar-refractivity contribution in [2.75, 3.05) is 13.8 Å². The van der Waals surface area contributed by atoms with Crippen molar-refractivity contribution in [2.45, 2.75) is 12.5 Å². The monoisotopic (exact) mass is 183 g/mol. The van der Waals surface area contributed by atoms with Gasteiger partial charge in [0.15, 0.2) is 0 Å². The zero-order valence-electron chi connectivity index (χ0n) is 7.66. The minimum atomic E-state index is -0.382. The van der Waals surface area contributed by atoms with Gasteiger partial charge in [-0.1, -0.05) is 12.1 Å². The molecule has 1 aromatic carbocycles. The minimum absolute atomic E-state index is 0.212. The lowest BCUT2D eigenvalue weighted by atomic mass is 10.1. The highest BCUT2D eigenvalue weighted by Crippen LogP contribution is 2.17. The van der Waals surface area contributed by atoms with Crippen molar-refractivity contribution in [1.29, 1.82) is 0 Å². The predicted octanol–water partition coefficient (Wildman–Crippen LogP) is 2.05. The van der Waals surface area contributed by atoms with Gasteiger partial charge in [-0.2, -0.15) is 0 Å². The van der Waals surface area contributed by atoms with Gasteiger partial charge in [-0.05, 0) is 24.1 Å². The molecule has 0 spiro atoms. The normalized spacial score (nSPS) is 12.5. The van der Waals surface area contributed by atoms with E-state index in [1.807, 2.05) is 24.3 Å². The fourth-order valence-electron chi connectivity index (χ4n) is 1.14.